The molecule has 0 amide bonds. The van der Waals surface area contributed by atoms with Gasteiger partial charge in [0.25, 0.3) is 0 Å². The number of allylic oxidation sites excluding steroid dienone is 1. The van der Waals surface area contributed by atoms with E-state index < -0.39 is 11.7 Å². The van der Waals surface area contributed by atoms with E-state index in [1.54, 1.807) is 36.4 Å². The minimum atomic E-state index is -4.39. The minimum Gasteiger partial charge on any atom is -0.493 e. The highest BCUT2D eigenvalue weighted by molar-refractivity contribution is 9.10. The zero-order valence-corrected chi connectivity index (χ0v) is 15.3. The third-order valence-electron chi connectivity index (χ3n) is 4.29. The van der Waals surface area contributed by atoms with Crippen LogP contribution in [0.4, 0.5) is 13.2 Å². The summed E-state index contributed by atoms with van der Waals surface area (Å²) in [7, 11) is 2.98. The monoisotopic (exact) mass is 412 g/mol. The first-order valence-electron chi connectivity index (χ1n) is 7.68. The summed E-state index contributed by atoms with van der Waals surface area (Å²) < 4.78 is 52.3. The van der Waals surface area contributed by atoms with E-state index in [0.29, 0.717) is 33.5 Å². The molecule has 0 unspecified atom stereocenters. The largest absolute Gasteiger partial charge is 0.493 e. The standard InChI is InChI=1S/C19H16BrF3O2/c1-24-14-10-12-8-9-13(19(21,22)23)15(11-6-4-3-5-7-11)16(12)17(20)18(14)25-2/h3-7,10H,8-9H2,1-2H3. The Morgan fingerprint density at radius 1 is 1.00 bits per heavy atom. The van der Waals surface area contributed by atoms with Crippen LogP contribution in [-0.4, -0.2) is 20.4 Å². The van der Waals surface area contributed by atoms with Crippen LogP contribution in [0.25, 0.3) is 5.57 Å². The van der Waals surface area contributed by atoms with Crippen LogP contribution in [-0.2, 0) is 6.42 Å². The molecule has 2 aromatic carbocycles. The molecule has 0 spiro atoms. The number of methoxy groups -OCH3 is 2. The Labute approximate surface area is 152 Å². The van der Waals surface area contributed by atoms with E-state index in [2.05, 4.69) is 15.9 Å². The lowest BCUT2D eigenvalue weighted by Gasteiger charge is -2.28. The Kier molecular flexibility index (Phi) is 4.82. The van der Waals surface area contributed by atoms with Gasteiger partial charge in [0.2, 0.25) is 0 Å². The molecule has 132 valence electrons. The van der Waals surface area contributed by atoms with Crippen molar-refractivity contribution in [1.29, 1.82) is 0 Å². The summed E-state index contributed by atoms with van der Waals surface area (Å²) in [5, 5.41) is 0. The minimum absolute atomic E-state index is 0.0668. The summed E-state index contributed by atoms with van der Waals surface area (Å²) in [5.41, 5.74) is 1.53. The van der Waals surface area contributed by atoms with Crippen molar-refractivity contribution in [2.75, 3.05) is 14.2 Å². The van der Waals surface area contributed by atoms with Crippen LogP contribution in [0.15, 0.2) is 46.4 Å². The molecular weight excluding hydrogens is 397 g/mol. The van der Waals surface area contributed by atoms with Crippen molar-refractivity contribution in [2.24, 2.45) is 0 Å². The van der Waals surface area contributed by atoms with Crippen molar-refractivity contribution in [3.8, 4) is 11.5 Å². The molecule has 0 aliphatic heterocycles. The Morgan fingerprint density at radius 3 is 2.24 bits per heavy atom. The predicted octanol–water partition coefficient (Wildman–Crippen LogP) is 5.78. The molecule has 0 bridgehead atoms. The second-order valence-electron chi connectivity index (χ2n) is 5.68. The van der Waals surface area contributed by atoms with E-state index >= 15 is 0 Å². The first-order chi connectivity index (χ1) is 11.9. The van der Waals surface area contributed by atoms with E-state index in [-0.39, 0.29) is 12.0 Å². The number of hydrogen-bond acceptors (Lipinski definition) is 2. The average Bonchev–Trinajstić information content (AvgIpc) is 2.60. The smallest absolute Gasteiger partial charge is 0.413 e. The average molecular weight is 413 g/mol. The van der Waals surface area contributed by atoms with Crippen LogP contribution in [0.1, 0.15) is 23.1 Å². The highest BCUT2D eigenvalue weighted by Crippen LogP contribution is 2.50. The topological polar surface area (TPSA) is 18.5 Å². The molecule has 0 radical (unpaired) electrons. The lowest BCUT2D eigenvalue weighted by Crippen LogP contribution is -2.20. The van der Waals surface area contributed by atoms with Crippen molar-refractivity contribution in [3.63, 3.8) is 0 Å². The predicted molar refractivity (Wildman–Crippen MR) is 94.1 cm³/mol. The molecule has 6 heteroatoms. The van der Waals surface area contributed by atoms with Crippen molar-refractivity contribution in [3.05, 3.63) is 63.1 Å². The third-order valence-corrected chi connectivity index (χ3v) is 5.05. The second kappa shape index (κ2) is 6.75. The summed E-state index contributed by atoms with van der Waals surface area (Å²) in [6, 6.07) is 10.4. The molecule has 3 rings (SSSR count). The first-order valence-corrected chi connectivity index (χ1v) is 8.47. The zero-order chi connectivity index (χ0) is 18.2. The Morgan fingerprint density at radius 2 is 1.68 bits per heavy atom. The van der Waals surface area contributed by atoms with Crippen LogP contribution in [0.3, 0.4) is 0 Å². The zero-order valence-electron chi connectivity index (χ0n) is 13.7. The van der Waals surface area contributed by atoms with E-state index in [0.717, 1.165) is 5.56 Å². The van der Waals surface area contributed by atoms with Gasteiger partial charge < -0.3 is 9.47 Å². The molecule has 0 aromatic heterocycles. The van der Waals surface area contributed by atoms with Crippen molar-refractivity contribution < 1.29 is 22.6 Å². The molecule has 2 nitrogen and oxygen atoms in total. The molecular formula is C19H16BrF3O2. The quantitative estimate of drug-likeness (QED) is 0.636. The van der Waals surface area contributed by atoms with E-state index in [4.69, 9.17) is 9.47 Å². The number of halogens is 4. The fourth-order valence-corrected chi connectivity index (χ4v) is 4.02. The Balaban J connectivity index is 2.37. The van der Waals surface area contributed by atoms with Gasteiger partial charge >= 0.3 is 6.18 Å². The van der Waals surface area contributed by atoms with E-state index in [9.17, 15) is 13.2 Å². The molecule has 0 atom stereocenters. The number of benzene rings is 2. The molecule has 0 fully saturated rings. The lowest BCUT2D eigenvalue weighted by molar-refractivity contribution is -0.0934. The van der Waals surface area contributed by atoms with Gasteiger partial charge in [-0.1, -0.05) is 30.3 Å². The summed E-state index contributed by atoms with van der Waals surface area (Å²) >= 11 is 3.44. The molecule has 2 aromatic rings. The third kappa shape index (κ3) is 3.15. The van der Waals surface area contributed by atoms with Gasteiger partial charge in [-0.15, -0.1) is 0 Å². The summed E-state index contributed by atoms with van der Waals surface area (Å²) in [6.45, 7) is 0. The summed E-state index contributed by atoms with van der Waals surface area (Å²) in [5.74, 6) is 0.883. The van der Waals surface area contributed by atoms with E-state index in [1.807, 2.05) is 0 Å². The number of ether oxygens (including phenoxy) is 2. The number of rotatable bonds is 3. The Hall–Kier alpha value is -1.95. The highest BCUT2D eigenvalue weighted by atomic mass is 79.9. The van der Waals surface area contributed by atoms with Gasteiger partial charge in [0, 0.05) is 11.1 Å². The maximum Gasteiger partial charge on any atom is 0.413 e. The number of hydrogen-bond donors (Lipinski definition) is 0. The molecule has 1 aliphatic rings. The van der Waals surface area contributed by atoms with Gasteiger partial charge in [-0.3, -0.25) is 0 Å². The van der Waals surface area contributed by atoms with Crippen LogP contribution < -0.4 is 9.47 Å². The molecule has 0 heterocycles. The van der Waals surface area contributed by atoms with Gasteiger partial charge in [0.15, 0.2) is 11.5 Å². The van der Waals surface area contributed by atoms with Gasteiger partial charge in [-0.05, 0) is 51.5 Å². The normalized spacial score (nSPS) is 14.3. The number of fused-ring (bicyclic) bond motifs is 1. The summed E-state index contributed by atoms with van der Waals surface area (Å²) in [4.78, 5) is 0. The van der Waals surface area contributed by atoms with Crippen molar-refractivity contribution in [2.45, 2.75) is 19.0 Å². The Bertz CT molecular complexity index is 827. The van der Waals surface area contributed by atoms with Crippen LogP contribution in [0, 0.1) is 0 Å². The van der Waals surface area contributed by atoms with Crippen LogP contribution >= 0.6 is 15.9 Å². The molecule has 0 N–H and O–H groups in total. The van der Waals surface area contributed by atoms with Crippen LogP contribution in [0.2, 0.25) is 0 Å². The van der Waals surface area contributed by atoms with Gasteiger partial charge in [0.1, 0.15) is 0 Å². The molecule has 0 saturated heterocycles. The second-order valence-corrected chi connectivity index (χ2v) is 6.47. The molecule has 25 heavy (non-hydrogen) atoms. The van der Waals surface area contributed by atoms with E-state index in [1.165, 1.54) is 14.2 Å². The van der Waals surface area contributed by atoms with Gasteiger partial charge in [0.05, 0.1) is 18.7 Å². The fourth-order valence-electron chi connectivity index (χ4n) is 3.21. The van der Waals surface area contributed by atoms with Gasteiger partial charge in [-0.25, -0.2) is 0 Å². The van der Waals surface area contributed by atoms with Crippen LogP contribution in [0.5, 0.6) is 11.5 Å². The van der Waals surface area contributed by atoms with Crippen molar-refractivity contribution in [1.82, 2.24) is 0 Å². The fraction of sp³-hybridized carbons (Fsp3) is 0.263. The van der Waals surface area contributed by atoms with Crippen molar-refractivity contribution >= 4 is 21.5 Å². The lowest BCUT2D eigenvalue weighted by atomic mass is 9.81. The number of aryl methyl sites for hydroxylation is 1. The molecule has 1 aliphatic carbocycles. The number of alkyl halides is 3. The highest BCUT2D eigenvalue weighted by Gasteiger charge is 2.40. The molecule has 0 saturated carbocycles. The van der Waals surface area contributed by atoms with Gasteiger partial charge in [-0.2, -0.15) is 13.2 Å². The maximum atomic E-state index is 13.7. The first kappa shape index (κ1) is 17.9. The SMILES string of the molecule is COc1cc2c(c(Br)c1OC)C(c1ccccc1)=C(C(F)(F)F)CC2. The summed E-state index contributed by atoms with van der Waals surface area (Å²) in [6.07, 6.45) is -4.17. The maximum absolute atomic E-state index is 13.7.